The van der Waals surface area contributed by atoms with E-state index in [9.17, 15) is 15.2 Å². The van der Waals surface area contributed by atoms with Crippen molar-refractivity contribution in [2.45, 2.75) is 32.7 Å². The zero-order valence-corrected chi connectivity index (χ0v) is 13.3. The fraction of sp³-hybridized carbons (Fsp3) is 0.625. The fourth-order valence-electron chi connectivity index (χ4n) is 2.99. The first-order chi connectivity index (χ1) is 10.5. The first kappa shape index (κ1) is 16.7. The molecule has 6 nitrogen and oxygen atoms in total. The van der Waals surface area contributed by atoms with Crippen LogP contribution in [0.4, 0.5) is 5.69 Å². The summed E-state index contributed by atoms with van der Waals surface area (Å²) in [5, 5.41) is 24.5. The van der Waals surface area contributed by atoms with Gasteiger partial charge in [0.1, 0.15) is 5.75 Å². The van der Waals surface area contributed by atoms with Crippen molar-refractivity contribution in [3.05, 3.63) is 33.9 Å². The third-order valence-corrected chi connectivity index (χ3v) is 4.18. The molecule has 0 unspecified atom stereocenters. The minimum atomic E-state index is -0.348. The third kappa shape index (κ3) is 4.18. The number of benzene rings is 1. The molecule has 1 fully saturated rings. The van der Waals surface area contributed by atoms with Gasteiger partial charge >= 0.3 is 0 Å². The average molecular weight is 307 g/mol. The molecule has 22 heavy (non-hydrogen) atoms. The molecule has 1 aromatic rings. The minimum absolute atomic E-state index is 0.0167. The van der Waals surface area contributed by atoms with Crippen LogP contribution in [-0.4, -0.2) is 41.1 Å². The second-order valence-electron chi connectivity index (χ2n) is 6.27. The number of phenols is 1. The molecule has 1 heterocycles. The standard InChI is InChI=1S/C16H25N3O3/c1-12(2)3-5-15(18-9-7-17-8-10-18)14-11-13(20)4-6-16(14)19(21)22/h4,6,11-12,15,17,20H,3,5,7-10H2,1-2H3/t15-/m0/s1. The van der Waals surface area contributed by atoms with Gasteiger partial charge in [-0.2, -0.15) is 0 Å². The van der Waals surface area contributed by atoms with Gasteiger partial charge in [-0.05, 0) is 30.9 Å². The van der Waals surface area contributed by atoms with E-state index in [0.717, 1.165) is 39.0 Å². The normalized spacial score (nSPS) is 17.6. The molecule has 0 aromatic heterocycles. The van der Waals surface area contributed by atoms with E-state index in [1.54, 1.807) is 6.07 Å². The van der Waals surface area contributed by atoms with Gasteiger partial charge in [0.05, 0.1) is 10.5 Å². The molecule has 0 bridgehead atoms. The fourth-order valence-corrected chi connectivity index (χ4v) is 2.99. The minimum Gasteiger partial charge on any atom is -0.508 e. The molecular formula is C16H25N3O3. The van der Waals surface area contributed by atoms with Crippen LogP contribution in [0.15, 0.2) is 18.2 Å². The number of nitrogens with zero attached hydrogens (tertiary/aromatic N) is 2. The maximum Gasteiger partial charge on any atom is 0.274 e. The summed E-state index contributed by atoms with van der Waals surface area (Å²) in [5.74, 6) is 0.632. The van der Waals surface area contributed by atoms with Crippen molar-refractivity contribution < 1.29 is 10.0 Å². The second-order valence-corrected chi connectivity index (χ2v) is 6.27. The van der Waals surface area contributed by atoms with E-state index in [1.807, 2.05) is 0 Å². The van der Waals surface area contributed by atoms with E-state index in [4.69, 9.17) is 0 Å². The van der Waals surface area contributed by atoms with Crippen molar-refractivity contribution in [3.8, 4) is 5.75 Å². The number of rotatable bonds is 6. The quantitative estimate of drug-likeness (QED) is 0.624. The van der Waals surface area contributed by atoms with E-state index < -0.39 is 0 Å². The van der Waals surface area contributed by atoms with Crippen LogP contribution in [0.2, 0.25) is 0 Å². The lowest BCUT2D eigenvalue weighted by Gasteiger charge is -2.35. The zero-order valence-electron chi connectivity index (χ0n) is 13.3. The van der Waals surface area contributed by atoms with Crippen LogP contribution in [0.5, 0.6) is 5.75 Å². The van der Waals surface area contributed by atoms with Crippen LogP contribution in [0.1, 0.15) is 38.3 Å². The molecule has 0 aliphatic carbocycles. The number of nitro benzene ring substituents is 1. The molecule has 0 spiro atoms. The topological polar surface area (TPSA) is 78.6 Å². The van der Waals surface area contributed by atoms with E-state index in [0.29, 0.717) is 11.5 Å². The van der Waals surface area contributed by atoms with E-state index in [2.05, 4.69) is 24.1 Å². The smallest absolute Gasteiger partial charge is 0.274 e. The summed E-state index contributed by atoms with van der Waals surface area (Å²) in [4.78, 5) is 13.3. The number of hydrogen-bond acceptors (Lipinski definition) is 5. The Balaban J connectivity index is 2.34. The van der Waals surface area contributed by atoms with Crippen LogP contribution in [0.25, 0.3) is 0 Å². The van der Waals surface area contributed by atoms with Crippen LogP contribution in [-0.2, 0) is 0 Å². The van der Waals surface area contributed by atoms with Crippen molar-refractivity contribution in [3.63, 3.8) is 0 Å². The number of nitro groups is 1. The SMILES string of the molecule is CC(C)CC[C@@H](c1cc(O)ccc1[N+](=O)[O-])N1CCNCC1. The molecule has 2 N–H and O–H groups in total. The highest BCUT2D eigenvalue weighted by atomic mass is 16.6. The highest BCUT2D eigenvalue weighted by Gasteiger charge is 2.28. The Morgan fingerprint density at radius 1 is 1.32 bits per heavy atom. The summed E-state index contributed by atoms with van der Waals surface area (Å²) >= 11 is 0. The second kappa shape index (κ2) is 7.56. The van der Waals surface area contributed by atoms with Gasteiger partial charge in [0.25, 0.3) is 5.69 Å². The summed E-state index contributed by atoms with van der Waals surface area (Å²) in [5.41, 5.74) is 0.734. The monoisotopic (exact) mass is 307 g/mol. The number of piperazine rings is 1. The molecule has 1 saturated heterocycles. The lowest BCUT2D eigenvalue weighted by atomic mass is 9.94. The van der Waals surface area contributed by atoms with Crippen molar-refractivity contribution in [2.75, 3.05) is 26.2 Å². The van der Waals surface area contributed by atoms with Gasteiger partial charge in [-0.25, -0.2) is 0 Å². The Hall–Kier alpha value is -1.66. The largest absolute Gasteiger partial charge is 0.508 e. The van der Waals surface area contributed by atoms with Gasteiger partial charge in [0, 0.05) is 38.3 Å². The van der Waals surface area contributed by atoms with Crippen LogP contribution >= 0.6 is 0 Å². The summed E-state index contributed by atoms with van der Waals surface area (Å²) in [6.45, 7) is 7.85. The molecule has 6 heteroatoms. The van der Waals surface area contributed by atoms with E-state index in [1.165, 1.54) is 12.1 Å². The molecule has 2 rings (SSSR count). The van der Waals surface area contributed by atoms with E-state index in [-0.39, 0.29) is 22.4 Å². The molecule has 1 aliphatic heterocycles. The van der Waals surface area contributed by atoms with Crippen LogP contribution < -0.4 is 5.32 Å². The molecule has 1 atom stereocenters. The summed E-state index contributed by atoms with van der Waals surface area (Å²) < 4.78 is 0. The Morgan fingerprint density at radius 3 is 2.59 bits per heavy atom. The van der Waals surface area contributed by atoms with Crippen LogP contribution in [0, 0.1) is 16.0 Å². The Kier molecular flexibility index (Phi) is 5.74. The lowest BCUT2D eigenvalue weighted by Crippen LogP contribution is -2.45. The predicted molar refractivity (Wildman–Crippen MR) is 86.0 cm³/mol. The first-order valence-corrected chi connectivity index (χ1v) is 7.91. The molecule has 0 saturated carbocycles. The van der Waals surface area contributed by atoms with E-state index >= 15 is 0 Å². The highest BCUT2D eigenvalue weighted by molar-refractivity contribution is 5.46. The first-order valence-electron chi connectivity index (χ1n) is 7.91. The lowest BCUT2D eigenvalue weighted by molar-refractivity contribution is -0.386. The molecule has 1 aliphatic rings. The Morgan fingerprint density at radius 2 is 2.00 bits per heavy atom. The van der Waals surface area contributed by atoms with Gasteiger partial charge in [0.2, 0.25) is 0 Å². The van der Waals surface area contributed by atoms with Crippen molar-refractivity contribution in [1.82, 2.24) is 10.2 Å². The van der Waals surface area contributed by atoms with Gasteiger partial charge in [-0.1, -0.05) is 13.8 Å². The molecule has 0 amide bonds. The number of hydrogen-bond donors (Lipinski definition) is 2. The van der Waals surface area contributed by atoms with Crippen LogP contribution in [0.3, 0.4) is 0 Å². The summed E-state index contributed by atoms with van der Waals surface area (Å²) in [6.07, 6.45) is 1.86. The number of aromatic hydroxyl groups is 1. The third-order valence-electron chi connectivity index (χ3n) is 4.18. The van der Waals surface area contributed by atoms with Crippen molar-refractivity contribution in [1.29, 1.82) is 0 Å². The average Bonchev–Trinajstić information content (AvgIpc) is 2.48. The summed E-state index contributed by atoms with van der Waals surface area (Å²) in [6, 6.07) is 4.34. The van der Waals surface area contributed by atoms with Gasteiger partial charge in [-0.15, -0.1) is 0 Å². The van der Waals surface area contributed by atoms with Gasteiger partial charge < -0.3 is 10.4 Å². The zero-order chi connectivity index (χ0) is 16.1. The molecule has 1 aromatic carbocycles. The number of phenolic OH excluding ortho intramolecular Hbond substituents is 1. The maximum absolute atomic E-state index is 11.4. The number of nitrogens with one attached hydrogen (secondary N) is 1. The van der Waals surface area contributed by atoms with Crippen molar-refractivity contribution >= 4 is 5.69 Å². The molecular weight excluding hydrogens is 282 g/mol. The molecule has 0 radical (unpaired) electrons. The summed E-state index contributed by atoms with van der Waals surface area (Å²) in [7, 11) is 0. The Bertz CT molecular complexity index is 513. The van der Waals surface area contributed by atoms with Gasteiger partial charge in [0.15, 0.2) is 0 Å². The predicted octanol–water partition coefficient (Wildman–Crippen LogP) is 2.68. The maximum atomic E-state index is 11.4. The van der Waals surface area contributed by atoms with Crippen molar-refractivity contribution in [2.24, 2.45) is 5.92 Å². The van der Waals surface area contributed by atoms with Gasteiger partial charge in [-0.3, -0.25) is 15.0 Å². The Labute approximate surface area is 131 Å². The molecule has 122 valence electrons. The highest BCUT2D eigenvalue weighted by Crippen LogP contribution is 2.35.